The minimum atomic E-state index is -0.510. The number of benzene rings is 1. The molecule has 1 aromatic carbocycles. The monoisotopic (exact) mass is 194 g/mol. The minimum Gasteiger partial charge on any atom is -0.298 e. The lowest BCUT2D eigenvalue weighted by atomic mass is 10.3. The van der Waals surface area contributed by atoms with Crippen molar-refractivity contribution < 1.29 is 4.54 Å². The highest BCUT2D eigenvalue weighted by Gasteiger charge is 2.05. The van der Waals surface area contributed by atoms with E-state index in [0.717, 1.165) is 0 Å². The highest BCUT2D eigenvalue weighted by Crippen LogP contribution is 2.00. The lowest BCUT2D eigenvalue weighted by Crippen LogP contribution is -2.30. The molecule has 0 amide bonds. The molecule has 2 N–H and O–H groups in total. The van der Waals surface area contributed by atoms with Crippen molar-refractivity contribution in [3.05, 3.63) is 39.7 Å². The summed E-state index contributed by atoms with van der Waals surface area (Å²) < 4.78 is 0.439. The summed E-state index contributed by atoms with van der Waals surface area (Å²) in [4.78, 5) is 24.3. The van der Waals surface area contributed by atoms with Crippen molar-refractivity contribution in [1.29, 1.82) is 0 Å². The zero-order chi connectivity index (χ0) is 10.6. The molecule has 0 saturated heterocycles. The minimum absolute atomic E-state index is 0.414. The van der Waals surface area contributed by atoms with Crippen LogP contribution >= 0.6 is 0 Å². The van der Waals surface area contributed by atoms with Gasteiger partial charge < -0.3 is 0 Å². The van der Waals surface area contributed by atoms with E-state index in [1.807, 2.05) is 13.8 Å². The second-order valence-corrected chi connectivity index (χ2v) is 2.38. The van der Waals surface area contributed by atoms with Gasteiger partial charge in [0.2, 0.25) is 0 Å². The van der Waals surface area contributed by atoms with Gasteiger partial charge in [-0.05, 0) is 6.07 Å². The topological polar surface area (TPSA) is 71.6 Å². The molecular formula is C9H12N3O2+. The summed E-state index contributed by atoms with van der Waals surface area (Å²) in [6.45, 7) is 4.00. The normalized spacial score (nSPS) is 9.29. The number of nitrogens with one attached hydrogen (secondary N) is 2. The second-order valence-electron chi connectivity index (χ2n) is 2.38. The predicted octanol–water partition coefficient (Wildman–Crippen LogP) is 0.797. The zero-order valence-electron chi connectivity index (χ0n) is 8.07. The van der Waals surface area contributed by atoms with Crippen LogP contribution in [0, 0.1) is 4.91 Å². The van der Waals surface area contributed by atoms with Gasteiger partial charge in [0.25, 0.3) is 0 Å². The van der Waals surface area contributed by atoms with Gasteiger partial charge in [-0.15, -0.1) is 0 Å². The van der Waals surface area contributed by atoms with Gasteiger partial charge in [-0.1, -0.05) is 31.1 Å². The Hall–Kier alpha value is -1.91. The molecule has 1 heterocycles. The Morgan fingerprint density at radius 2 is 1.86 bits per heavy atom. The highest BCUT2D eigenvalue weighted by atomic mass is 16.3. The average molecular weight is 194 g/mol. The van der Waals surface area contributed by atoms with Crippen molar-refractivity contribution >= 4 is 11.0 Å². The van der Waals surface area contributed by atoms with Crippen LogP contribution in [-0.2, 0) is 0 Å². The summed E-state index contributed by atoms with van der Waals surface area (Å²) >= 11 is 0. The molecule has 0 fully saturated rings. The van der Waals surface area contributed by atoms with Gasteiger partial charge in [0.15, 0.2) is 4.54 Å². The Morgan fingerprint density at radius 1 is 1.21 bits per heavy atom. The molecule has 0 saturated carbocycles. The van der Waals surface area contributed by atoms with E-state index in [-0.39, 0.29) is 0 Å². The van der Waals surface area contributed by atoms with E-state index in [0.29, 0.717) is 15.6 Å². The number of para-hydroxylation sites is 2. The van der Waals surface area contributed by atoms with Crippen LogP contribution in [0.5, 0.6) is 0 Å². The first-order chi connectivity index (χ1) is 6.77. The van der Waals surface area contributed by atoms with Crippen LogP contribution in [0.2, 0.25) is 0 Å². The number of hydrogen-bond acceptors (Lipinski definition) is 2. The number of rotatable bonds is 0. The van der Waals surface area contributed by atoms with E-state index >= 15 is 0 Å². The Labute approximate surface area is 80.0 Å². The zero-order valence-corrected chi connectivity index (χ0v) is 8.07. The van der Waals surface area contributed by atoms with E-state index in [2.05, 4.69) is 10.1 Å². The third-order valence-electron chi connectivity index (χ3n) is 1.57. The molecule has 14 heavy (non-hydrogen) atoms. The van der Waals surface area contributed by atoms with Gasteiger partial charge in [0.05, 0.1) is 4.91 Å². The Morgan fingerprint density at radius 3 is 2.57 bits per heavy atom. The third-order valence-corrected chi connectivity index (χ3v) is 1.57. The number of aromatic nitrogens is 3. The molecule has 0 atom stereocenters. The Bertz CT molecular complexity index is 527. The molecule has 0 aliphatic rings. The van der Waals surface area contributed by atoms with Crippen LogP contribution in [0.1, 0.15) is 13.8 Å². The fraction of sp³-hybridized carbons (Fsp3) is 0.222. The van der Waals surface area contributed by atoms with Crippen LogP contribution in [0.15, 0.2) is 29.1 Å². The molecule has 0 aliphatic carbocycles. The van der Waals surface area contributed by atoms with E-state index in [1.54, 1.807) is 24.3 Å². The summed E-state index contributed by atoms with van der Waals surface area (Å²) in [6.07, 6.45) is 0. The van der Waals surface area contributed by atoms with Crippen molar-refractivity contribution in [3.63, 3.8) is 0 Å². The van der Waals surface area contributed by atoms with Gasteiger partial charge >= 0.3 is 11.2 Å². The molecule has 0 unspecified atom stereocenters. The lowest BCUT2D eigenvalue weighted by molar-refractivity contribution is -0.538. The van der Waals surface area contributed by atoms with Crippen LogP contribution in [0.3, 0.4) is 0 Å². The summed E-state index contributed by atoms with van der Waals surface area (Å²) in [5.41, 5.74) is 0.428. The van der Waals surface area contributed by atoms with Gasteiger partial charge in [0, 0.05) is 6.07 Å². The van der Waals surface area contributed by atoms with Crippen LogP contribution in [0.4, 0.5) is 0 Å². The first kappa shape index (κ1) is 10.2. The number of fused-ring (bicyclic) bond motifs is 1. The van der Waals surface area contributed by atoms with Gasteiger partial charge in [-0.3, -0.25) is 4.98 Å². The van der Waals surface area contributed by atoms with Crippen molar-refractivity contribution in [2.45, 2.75) is 13.8 Å². The van der Waals surface area contributed by atoms with E-state index in [9.17, 15) is 9.70 Å². The average Bonchev–Trinajstić information content (AvgIpc) is 2.20. The first-order valence-corrected chi connectivity index (χ1v) is 4.41. The summed E-state index contributed by atoms with van der Waals surface area (Å²) in [5, 5.41) is 2.06. The lowest BCUT2D eigenvalue weighted by Gasteiger charge is -1.85. The van der Waals surface area contributed by atoms with Gasteiger partial charge in [-0.2, -0.15) is 0 Å². The van der Waals surface area contributed by atoms with Crippen molar-refractivity contribution in [2.24, 2.45) is 0 Å². The molecule has 2 rings (SSSR count). The summed E-state index contributed by atoms with van der Waals surface area (Å²) in [5.74, 6) is 0. The summed E-state index contributed by atoms with van der Waals surface area (Å²) in [7, 11) is 0. The molecule has 0 spiro atoms. The SMILES string of the molecule is CC.O=c1[nH]c2ccccc2[n+](=O)[nH]1. The number of H-pyrrole nitrogens is 2. The van der Waals surface area contributed by atoms with E-state index < -0.39 is 5.69 Å². The standard InChI is InChI=1S/C7H5N3O2.C2H6/c11-7-8-5-3-1-2-4-6(5)10(12)9-7;1-2/h1-4H,(H-,8,9,11,12);1-2H3/p+1. The maximum Gasteiger partial charge on any atom is 0.376 e. The molecule has 1 aromatic heterocycles. The van der Waals surface area contributed by atoms with Crippen molar-refractivity contribution in [2.75, 3.05) is 0 Å². The van der Waals surface area contributed by atoms with Crippen molar-refractivity contribution in [3.8, 4) is 0 Å². The molecule has 2 aromatic rings. The molecule has 5 heteroatoms. The number of hydrogen-bond donors (Lipinski definition) is 2. The fourth-order valence-electron chi connectivity index (χ4n) is 1.06. The predicted molar refractivity (Wildman–Crippen MR) is 53.6 cm³/mol. The molecule has 0 bridgehead atoms. The quantitative estimate of drug-likeness (QED) is 0.609. The third kappa shape index (κ3) is 1.87. The van der Waals surface area contributed by atoms with Crippen molar-refractivity contribution in [1.82, 2.24) is 10.1 Å². The highest BCUT2D eigenvalue weighted by molar-refractivity contribution is 5.69. The van der Waals surface area contributed by atoms with E-state index in [1.165, 1.54) is 0 Å². The van der Waals surface area contributed by atoms with E-state index in [4.69, 9.17) is 0 Å². The Balaban J connectivity index is 0.000000461. The molecule has 74 valence electrons. The molecular weight excluding hydrogens is 182 g/mol. The maximum atomic E-state index is 11.0. The van der Waals surface area contributed by atoms with Gasteiger partial charge in [-0.25, -0.2) is 4.79 Å². The van der Waals surface area contributed by atoms with Crippen LogP contribution in [0.25, 0.3) is 11.0 Å². The first-order valence-electron chi connectivity index (χ1n) is 4.41. The molecule has 0 radical (unpaired) electrons. The fourth-order valence-corrected chi connectivity index (χ4v) is 1.06. The second kappa shape index (κ2) is 4.36. The molecule has 0 aliphatic heterocycles. The van der Waals surface area contributed by atoms with Crippen LogP contribution in [-0.4, -0.2) is 10.1 Å². The number of aromatic amines is 2. The Kier molecular flexibility index (Phi) is 3.17. The van der Waals surface area contributed by atoms with Gasteiger partial charge in [0.1, 0.15) is 5.52 Å². The molecule has 5 nitrogen and oxygen atoms in total. The maximum absolute atomic E-state index is 11.0. The smallest absolute Gasteiger partial charge is 0.298 e. The largest absolute Gasteiger partial charge is 0.376 e. The summed E-state index contributed by atoms with van der Waals surface area (Å²) in [6, 6.07) is 6.76. The number of nitrogens with zero attached hydrogens (tertiary/aromatic N) is 1. The van der Waals surface area contributed by atoms with Crippen LogP contribution < -0.4 is 10.2 Å².